The van der Waals surface area contributed by atoms with Crippen LogP contribution in [0, 0.1) is 0 Å². The number of aryl methyl sites for hydroxylation is 1. The Morgan fingerprint density at radius 3 is 2.83 bits per heavy atom. The maximum atomic E-state index is 13.5. The summed E-state index contributed by atoms with van der Waals surface area (Å²) in [6.45, 7) is 2.46. The maximum Gasteiger partial charge on any atom is 0.260 e. The van der Waals surface area contributed by atoms with Crippen molar-refractivity contribution >= 4 is 54.1 Å². The van der Waals surface area contributed by atoms with Gasteiger partial charge in [-0.25, -0.2) is 9.97 Å². The third-order valence-corrected chi connectivity index (χ3v) is 6.63. The van der Waals surface area contributed by atoms with E-state index in [4.69, 9.17) is 9.40 Å². The van der Waals surface area contributed by atoms with E-state index in [-0.39, 0.29) is 5.91 Å². The van der Waals surface area contributed by atoms with E-state index in [1.807, 2.05) is 36.4 Å². The van der Waals surface area contributed by atoms with E-state index >= 15 is 0 Å². The summed E-state index contributed by atoms with van der Waals surface area (Å²) < 4.78 is 7.58. The zero-order valence-electron chi connectivity index (χ0n) is 15.7. The Hall–Kier alpha value is -3.03. The molecule has 7 heteroatoms. The third-order valence-electron chi connectivity index (χ3n) is 4.80. The minimum Gasteiger partial charge on any atom is -0.467 e. The van der Waals surface area contributed by atoms with Crippen LogP contribution in [0.15, 0.2) is 64.7 Å². The van der Waals surface area contributed by atoms with Crippen LogP contribution in [0.2, 0.25) is 0 Å². The van der Waals surface area contributed by atoms with Gasteiger partial charge in [0.25, 0.3) is 5.91 Å². The van der Waals surface area contributed by atoms with Gasteiger partial charge in [-0.2, -0.15) is 0 Å². The first-order valence-electron chi connectivity index (χ1n) is 9.28. The molecule has 0 fully saturated rings. The first-order valence-corrected chi connectivity index (χ1v) is 11.0. The predicted octanol–water partition coefficient (Wildman–Crippen LogP) is 5.91. The van der Waals surface area contributed by atoms with Crippen LogP contribution in [0.4, 0.5) is 5.13 Å². The van der Waals surface area contributed by atoms with Gasteiger partial charge in [0, 0.05) is 5.56 Å². The second-order valence-electron chi connectivity index (χ2n) is 6.66. The third kappa shape index (κ3) is 3.43. The Morgan fingerprint density at radius 1 is 1.10 bits per heavy atom. The SMILES string of the molecule is CCc1ccc2nc(N(Cc3ccco3)C(=O)c3ccc4ncsc4c3)sc2c1. The molecule has 0 radical (unpaired) electrons. The number of carbonyl (C=O) groups excluding carboxylic acids is 1. The van der Waals surface area contributed by atoms with Crippen LogP contribution in [0.3, 0.4) is 0 Å². The van der Waals surface area contributed by atoms with Crippen LogP contribution in [-0.2, 0) is 13.0 Å². The van der Waals surface area contributed by atoms with Gasteiger partial charge in [-0.3, -0.25) is 9.69 Å². The fourth-order valence-corrected chi connectivity index (χ4v) is 4.96. The van der Waals surface area contributed by atoms with E-state index in [9.17, 15) is 4.79 Å². The molecule has 29 heavy (non-hydrogen) atoms. The summed E-state index contributed by atoms with van der Waals surface area (Å²) in [6, 6.07) is 15.6. The molecule has 3 heterocycles. The lowest BCUT2D eigenvalue weighted by Gasteiger charge is -2.18. The molecule has 0 aliphatic heterocycles. The van der Waals surface area contributed by atoms with E-state index < -0.39 is 0 Å². The van der Waals surface area contributed by atoms with E-state index in [2.05, 4.69) is 24.0 Å². The summed E-state index contributed by atoms with van der Waals surface area (Å²) in [6.07, 6.45) is 2.58. The van der Waals surface area contributed by atoms with Crippen LogP contribution in [0.5, 0.6) is 0 Å². The molecule has 0 bridgehead atoms. The van der Waals surface area contributed by atoms with E-state index in [0.717, 1.165) is 26.9 Å². The molecule has 0 aliphatic rings. The zero-order valence-corrected chi connectivity index (χ0v) is 17.3. The van der Waals surface area contributed by atoms with Gasteiger partial charge in [0.2, 0.25) is 0 Å². The Bertz CT molecular complexity index is 1300. The molecule has 5 rings (SSSR count). The molecule has 144 valence electrons. The van der Waals surface area contributed by atoms with Gasteiger partial charge < -0.3 is 4.42 Å². The number of rotatable bonds is 5. The van der Waals surface area contributed by atoms with E-state index in [0.29, 0.717) is 23.0 Å². The first kappa shape index (κ1) is 18.0. The molecule has 1 amide bonds. The molecule has 0 atom stereocenters. The topological polar surface area (TPSA) is 59.2 Å². The molecule has 2 aromatic carbocycles. The number of hydrogen-bond acceptors (Lipinski definition) is 6. The summed E-state index contributed by atoms with van der Waals surface area (Å²) in [5.41, 5.74) is 5.46. The van der Waals surface area contributed by atoms with E-state index in [1.165, 1.54) is 28.2 Å². The minimum absolute atomic E-state index is 0.105. The van der Waals surface area contributed by atoms with Crippen molar-refractivity contribution in [3.63, 3.8) is 0 Å². The Morgan fingerprint density at radius 2 is 2.00 bits per heavy atom. The molecule has 0 spiro atoms. The second kappa shape index (κ2) is 7.42. The summed E-state index contributed by atoms with van der Waals surface area (Å²) in [7, 11) is 0. The van der Waals surface area contributed by atoms with Crippen LogP contribution in [0.1, 0.15) is 28.6 Å². The standard InChI is InChI=1S/C22H17N3O2S2/c1-2-14-5-7-18-20(10-14)29-22(24-18)25(12-16-4-3-9-27-16)21(26)15-6-8-17-19(11-15)28-13-23-17/h3-11,13H,2,12H2,1H3. The van der Waals surface area contributed by atoms with Crippen LogP contribution < -0.4 is 4.90 Å². The molecule has 3 aromatic heterocycles. The van der Waals surface area contributed by atoms with Crippen LogP contribution in [0.25, 0.3) is 20.4 Å². The summed E-state index contributed by atoms with van der Waals surface area (Å²) in [4.78, 5) is 24.2. The average molecular weight is 420 g/mol. The van der Waals surface area contributed by atoms with Gasteiger partial charge in [-0.1, -0.05) is 24.3 Å². The number of thiazole rings is 2. The average Bonchev–Trinajstić information content (AvgIpc) is 3.50. The second-order valence-corrected chi connectivity index (χ2v) is 8.55. The molecule has 5 nitrogen and oxygen atoms in total. The maximum absolute atomic E-state index is 13.5. The minimum atomic E-state index is -0.105. The fraction of sp³-hybridized carbons (Fsp3) is 0.136. The number of carbonyl (C=O) groups is 1. The van der Waals surface area contributed by atoms with Crippen molar-refractivity contribution in [3.8, 4) is 0 Å². The fourth-order valence-electron chi connectivity index (χ4n) is 3.22. The van der Waals surface area contributed by atoms with Gasteiger partial charge >= 0.3 is 0 Å². The Balaban J connectivity index is 1.57. The lowest BCUT2D eigenvalue weighted by molar-refractivity contribution is 0.0983. The largest absolute Gasteiger partial charge is 0.467 e. The molecule has 0 aliphatic carbocycles. The van der Waals surface area contributed by atoms with Crippen LogP contribution in [-0.4, -0.2) is 15.9 Å². The Labute approximate surface area is 175 Å². The summed E-state index contributed by atoms with van der Waals surface area (Å²) in [5, 5.41) is 0.666. The molecule has 0 saturated carbocycles. The van der Waals surface area contributed by atoms with Crippen molar-refractivity contribution < 1.29 is 9.21 Å². The Kier molecular flexibility index (Phi) is 4.61. The molecule has 0 N–H and O–H groups in total. The number of aromatic nitrogens is 2. The highest BCUT2D eigenvalue weighted by molar-refractivity contribution is 7.22. The lowest BCUT2D eigenvalue weighted by atomic mass is 10.2. The van der Waals surface area contributed by atoms with Gasteiger partial charge in [0.1, 0.15) is 5.76 Å². The van der Waals surface area contributed by atoms with Gasteiger partial charge in [0.15, 0.2) is 5.13 Å². The number of nitrogens with zero attached hydrogens (tertiary/aromatic N) is 3. The highest BCUT2D eigenvalue weighted by Gasteiger charge is 2.23. The van der Waals surface area contributed by atoms with Gasteiger partial charge in [-0.15, -0.1) is 11.3 Å². The highest BCUT2D eigenvalue weighted by atomic mass is 32.1. The zero-order chi connectivity index (χ0) is 19.8. The summed E-state index contributed by atoms with van der Waals surface area (Å²) >= 11 is 3.05. The molecular weight excluding hydrogens is 402 g/mol. The highest BCUT2D eigenvalue weighted by Crippen LogP contribution is 2.32. The van der Waals surface area contributed by atoms with Gasteiger partial charge in [0.05, 0.1) is 38.8 Å². The number of fused-ring (bicyclic) bond motifs is 2. The van der Waals surface area contributed by atoms with Crippen molar-refractivity contribution in [3.05, 3.63) is 77.2 Å². The van der Waals surface area contributed by atoms with Crippen LogP contribution >= 0.6 is 22.7 Å². The number of anilines is 1. The molecule has 0 unspecified atom stereocenters. The van der Waals surface area contributed by atoms with Crippen molar-refractivity contribution in [2.75, 3.05) is 4.90 Å². The van der Waals surface area contributed by atoms with Crippen molar-refractivity contribution in [1.29, 1.82) is 0 Å². The number of benzene rings is 2. The van der Waals surface area contributed by atoms with Crippen molar-refractivity contribution in [1.82, 2.24) is 9.97 Å². The summed E-state index contributed by atoms with van der Waals surface area (Å²) in [5.74, 6) is 0.609. The number of hydrogen-bond donors (Lipinski definition) is 0. The molecule has 0 saturated heterocycles. The molecular formula is C22H17N3O2S2. The quantitative estimate of drug-likeness (QED) is 0.355. The number of furan rings is 1. The van der Waals surface area contributed by atoms with Gasteiger partial charge in [-0.05, 0) is 54.4 Å². The monoisotopic (exact) mass is 419 g/mol. The first-order chi connectivity index (χ1) is 14.2. The lowest BCUT2D eigenvalue weighted by Crippen LogP contribution is -2.30. The van der Waals surface area contributed by atoms with Crippen molar-refractivity contribution in [2.45, 2.75) is 19.9 Å². The van der Waals surface area contributed by atoms with E-state index in [1.54, 1.807) is 16.7 Å². The van der Waals surface area contributed by atoms with Crippen molar-refractivity contribution in [2.24, 2.45) is 0 Å². The predicted molar refractivity (Wildman–Crippen MR) is 118 cm³/mol. The normalized spacial score (nSPS) is 11.3. The molecule has 5 aromatic rings. The smallest absolute Gasteiger partial charge is 0.260 e. The number of amides is 1.